The zero-order valence-corrected chi connectivity index (χ0v) is 49.5. The number of hydrogen-bond donors (Lipinski definition) is 10. The first-order valence-corrected chi connectivity index (χ1v) is 29.5. The number of aliphatic hydroxyl groups is 3. The number of hydrogen-bond acceptors (Lipinski definition) is 26. The second-order valence-electron chi connectivity index (χ2n) is 22.0. The largest absolute Gasteiger partial charge is 0.477 e. The summed E-state index contributed by atoms with van der Waals surface area (Å²) in [6.07, 6.45) is 15.8. The van der Waals surface area contributed by atoms with Gasteiger partial charge in [0.2, 0.25) is 5.91 Å². The third kappa shape index (κ3) is 21.1. The molecule has 11 rings (SSSR count). The third-order valence-corrected chi connectivity index (χ3v) is 15.8. The number of aliphatic hydroxyl groups excluding tert-OH is 3. The lowest BCUT2D eigenvalue weighted by Crippen LogP contribution is -2.57. The van der Waals surface area contributed by atoms with Gasteiger partial charge in [0, 0.05) is 134 Å². The van der Waals surface area contributed by atoms with Crippen LogP contribution >= 0.6 is 0 Å². The molecule has 0 aromatic carbocycles. The number of likely N-dealkylation sites (tertiary alicyclic amines) is 2. The zero-order valence-electron chi connectivity index (χ0n) is 49.5. The van der Waals surface area contributed by atoms with Crippen LogP contribution in [0.3, 0.4) is 0 Å². The van der Waals surface area contributed by atoms with Gasteiger partial charge in [-0.3, -0.25) is 9.69 Å². The second-order valence-corrected chi connectivity index (χ2v) is 22.0. The first kappa shape index (κ1) is 67.5. The van der Waals surface area contributed by atoms with Crippen molar-refractivity contribution in [3.8, 4) is 0 Å². The molecule has 480 valence electrons. The Bertz CT molecular complexity index is 3150. The van der Waals surface area contributed by atoms with Crippen LogP contribution in [0.2, 0.25) is 0 Å². The molecule has 6 aliphatic rings. The molecule has 32 heteroatoms. The summed E-state index contributed by atoms with van der Waals surface area (Å²) in [5.41, 5.74) is -0.0124. The van der Waals surface area contributed by atoms with E-state index in [1.54, 1.807) is 0 Å². The van der Waals surface area contributed by atoms with Crippen molar-refractivity contribution in [2.75, 3.05) is 124 Å². The van der Waals surface area contributed by atoms with Crippen molar-refractivity contribution in [1.82, 2.24) is 64.5 Å². The molecule has 6 saturated heterocycles. The second kappa shape index (κ2) is 34.0. The van der Waals surface area contributed by atoms with Crippen LogP contribution in [0.15, 0.2) is 62.0 Å². The van der Waals surface area contributed by atoms with Gasteiger partial charge in [-0.2, -0.15) is 0 Å². The van der Waals surface area contributed by atoms with E-state index in [0.29, 0.717) is 105 Å². The van der Waals surface area contributed by atoms with Crippen molar-refractivity contribution in [2.24, 2.45) is 5.92 Å². The number of β-amino-alcohol motifs (C(OH)–C–C–N with tert-alkyl or cyclic N) is 1. The van der Waals surface area contributed by atoms with Crippen LogP contribution in [0.25, 0.3) is 0 Å². The van der Waals surface area contributed by atoms with Gasteiger partial charge in [0.15, 0.2) is 28.5 Å². The minimum Gasteiger partial charge on any atom is -0.477 e. The number of carboxylic acid groups (broad SMARTS) is 5. The molecule has 0 spiro atoms. The van der Waals surface area contributed by atoms with Gasteiger partial charge in [0.1, 0.15) is 60.7 Å². The number of nitrogens with zero attached hydrogens (tertiary/aromatic N) is 16. The average molecular weight is 1240 g/mol. The number of piperidine rings is 2. The first-order valence-electron chi connectivity index (χ1n) is 29.5. The topological polar surface area (TPSA) is 437 Å². The summed E-state index contributed by atoms with van der Waals surface area (Å²) in [5.74, 6) is -1.74. The Morgan fingerprint density at radius 3 is 1.46 bits per heavy atom. The van der Waals surface area contributed by atoms with Gasteiger partial charge in [-0.25, -0.2) is 73.8 Å². The number of aromatic nitrogens is 10. The number of carbonyl (C=O) groups is 6. The van der Waals surface area contributed by atoms with Crippen LogP contribution in [-0.4, -0.2) is 264 Å². The Labute approximate surface area is 512 Å². The molecule has 0 radical (unpaired) electrons. The molecule has 32 nitrogen and oxygen atoms in total. The number of anilines is 5. The van der Waals surface area contributed by atoms with Gasteiger partial charge in [0.25, 0.3) is 0 Å². The van der Waals surface area contributed by atoms with Crippen molar-refractivity contribution < 1.29 is 69.6 Å². The maximum Gasteiger partial charge on any atom is 0.354 e. The van der Waals surface area contributed by atoms with Gasteiger partial charge in [-0.05, 0) is 83.7 Å². The highest BCUT2D eigenvalue weighted by Gasteiger charge is 2.33. The highest BCUT2D eigenvalue weighted by atomic mass is 16.4. The summed E-state index contributed by atoms with van der Waals surface area (Å²) >= 11 is 0. The van der Waals surface area contributed by atoms with E-state index in [1.165, 1.54) is 81.4 Å². The molecule has 4 atom stereocenters. The first-order chi connectivity index (χ1) is 42.8. The van der Waals surface area contributed by atoms with Crippen LogP contribution in [0.4, 0.5) is 29.1 Å². The molecule has 1 amide bonds. The van der Waals surface area contributed by atoms with Gasteiger partial charge in [-0.15, -0.1) is 0 Å². The molecule has 0 bridgehead atoms. The smallest absolute Gasteiger partial charge is 0.354 e. The van der Waals surface area contributed by atoms with Gasteiger partial charge >= 0.3 is 29.8 Å². The fraction of sp³-hybridized carbons (Fsp3) is 0.544. The summed E-state index contributed by atoms with van der Waals surface area (Å²) in [5, 5.41) is 78.3. The SMILES string of the molecule is CN1CCCC1CCNc1cc(C(=O)O)ncn1.O=C(O)c1cc(N2CCC(O)CC2)ncn1.O=C(O)c1cc(N2CCN3CC(CO)CCC3C2)ncn1.O=C(O)c1cc(N2CC[C@@H](O)C2)ncn1.O=C(O)c1cc(NCCCN2CCCC2=O)ncn1. The van der Waals surface area contributed by atoms with Crippen LogP contribution < -0.4 is 25.3 Å². The summed E-state index contributed by atoms with van der Waals surface area (Å²) in [6, 6.07) is 8.35. The summed E-state index contributed by atoms with van der Waals surface area (Å²) in [7, 11) is 2.14. The minimum atomic E-state index is -1.08. The third-order valence-electron chi connectivity index (χ3n) is 15.8. The molecule has 10 N–H and O–H groups in total. The van der Waals surface area contributed by atoms with Crippen LogP contribution in [0.1, 0.15) is 123 Å². The van der Waals surface area contributed by atoms with Crippen molar-refractivity contribution in [3.05, 3.63) is 90.4 Å². The molecule has 6 aliphatic heterocycles. The highest BCUT2D eigenvalue weighted by molar-refractivity contribution is 5.88. The van der Waals surface area contributed by atoms with Crippen molar-refractivity contribution in [3.63, 3.8) is 0 Å². The van der Waals surface area contributed by atoms with E-state index in [9.17, 15) is 44.1 Å². The number of carboxylic acids is 5. The Balaban J connectivity index is 0.000000159. The molecule has 5 aromatic heterocycles. The summed E-state index contributed by atoms with van der Waals surface area (Å²) in [6.45, 7) is 10.6. The molecule has 11 heterocycles. The lowest BCUT2D eigenvalue weighted by atomic mass is 9.91. The number of carbonyl (C=O) groups excluding carboxylic acids is 1. The Morgan fingerprint density at radius 2 is 0.989 bits per heavy atom. The zero-order chi connectivity index (χ0) is 63.8. The maximum absolute atomic E-state index is 11.4. The van der Waals surface area contributed by atoms with Crippen molar-refractivity contribution >= 4 is 64.8 Å². The number of rotatable bonds is 18. The molecule has 0 saturated carbocycles. The number of piperazine rings is 1. The van der Waals surface area contributed by atoms with E-state index in [4.69, 9.17) is 25.5 Å². The van der Waals surface area contributed by atoms with Crippen LogP contribution in [0, 0.1) is 5.92 Å². The summed E-state index contributed by atoms with van der Waals surface area (Å²) in [4.78, 5) is 116. The van der Waals surface area contributed by atoms with E-state index >= 15 is 0 Å². The van der Waals surface area contributed by atoms with E-state index in [0.717, 1.165) is 77.9 Å². The number of aromatic carboxylic acids is 5. The Hall–Kier alpha value is -8.98. The number of fused-ring (bicyclic) bond motifs is 1. The lowest BCUT2D eigenvalue weighted by molar-refractivity contribution is -0.127. The maximum atomic E-state index is 11.4. The molecule has 6 fully saturated rings. The summed E-state index contributed by atoms with van der Waals surface area (Å²) < 4.78 is 0. The van der Waals surface area contributed by atoms with Crippen LogP contribution in [0.5, 0.6) is 0 Å². The van der Waals surface area contributed by atoms with E-state index < -0.39 is 29.8 Å². The molecule has 0 aliphatic carbocycles. The highest BCUT2D eigenvalue weighted by Crippen LogP contribution is 2.27. The molecular formula is C57H78N18O14. The quantitative estimate of drug-likeness (QED) is 0.0557. The fourth-order valence-corrected chi connectivity index (χ4v) is 10.9. The molecule has 3 unspecified atom stereocenters. The normalized spacial score (nSPS) is 20.0. The van der Waals surface area contributed by atoms with Crippen LogP contribution in [-0.2, 0) is 4.79 Å². The monoisotopic (exact) mass is 1240 g/mol. The van der Waals surface area contributed by atoms with E-state index in [1.807, 2.05) is 14.7 Å². The standard InChI is InChI=1S/C14H20N4O3.C12H16N4O3.C12H18N4O2.C10H13N3O3.C9H11N3O3/c19-8-10-1-2-11-7-18(4-3-17(11)6-10)13-5-12(14(20)21)15-9-16-13;17-11-3-1-5-16(11)6-2-4-13-10-7-9(12(18)19)14-8-15-10;1-16-6-2-3-9(16)4-5-13-11-7-10(12(17)18)14-8-15-11;14-7-1-3-13(4-2-7)9-5-8(10(15)16)11-6-12-9;13-6-1-2-12(4-6)8-3-7(9(14)15)10-5-11-8/h5,9-11,19H,1-4,6-8H2,(H,20,21);7-8H,1-6H2,(H,18,19)(H,13,14,15);7-9H,2-6H2,1H3,(H,17,18)(H,13,14,15);5-7,14H,1-4H2,(H,15,16);3,5-6,13H,1-2,4H2,(H,14,15)/t;;;;6-/m....1/s1. The van der Waals surface area contributed by atoms with Gasteiger partial charge in [-0.1, -0.05) is 0 Å². The predicted octanol–water partition coefficient (Wildman–Crippen LogP) is 1.62. The van der Waals surface area contributed by atoms with Crippen molar-refractivity contribution in [1.29, 1.82) is 0 Å². The fourth-order valence-electron chi connectivity index (χ4n) is 10.9. The molecule has 89 heavy (non-hydrogen) atoms. The Morgan fingerprint density at radius 1 is 0.506 bits per heavy atom. The van der Waals surface area contributed by atoms with Gasteiger partial charge in [0.05, 0.1) is 12.2 Å². The average Bonchev–Trinajstić information content (AvgIpc) is 3.17. The molecule has 5 aromatic rings. The van der Waals surface area contributed by atoms with Crippen molar-refractivity contribution in [2.45, 2.75) is 94.9 Å². The van der Waals surface area contributed by atoms with E-state index in [-0.39, 0.29) is 53.2 Å². The Kier molecular flexibility index (Phi) is 25.8. The van der Waals surface area contributed by atoms with E-state index in [2.05, 4.69) is 82.2 Å². The molecular weight excluding hydrogens is 1160 g/mol. The number of nitrogens with one attached hydrogen (secondary N) is 2. The van der Waals surface area contributed by atoms with Gasteiger partial charge < -0.3 is 76.0 Å². The predicted molar refractivity (Wildman–Crippen MR) is 320 cm³/mol. The lowest BCUT2D eigenvalue weighted by Gasteiger charge is -2.46. The number of amides is 1. The minimum absolute atomic E-state index is 0.00359.